The van der Waals surface area contributed by atoms with Gasteiger partial charge >= 0.3 is 0 Å². The summed E-state index contributed by atoms with van der Waals surface area (Å²) >= 11 is 1.25. The van der Waals surface area contributed by atoms with Crippen molar-refractivity contribution >= 4 is 45.0 Å². The fraction of sp³-hybridized carbons (Fsp3) is 0.174. The van der Waals surface area contributed by atoms with E-state index in [0.29, 0.717) is 21.7 Å². The summed E-state index contributed by atoms with van der Waals surface area (Å²) in [4.78, 5) is 30.2. The van der Waals surface area contributed by atoms with Gasteiger partial charge in [-0.25, -0.2) is 4.98 Å². The molecule has 4 rings (SSSR count). The van der Waals surface area contributed by atoms with Gasteiger partial charge in [-0.2, -0.15) is 0 Å². The molecule has 0 saturated carbocycles. The zero-order chi connectivity index (χ0) is 21.3. The summed E-state index contributed by atoms with van der Waals surface area (Å²) < 4.78 is 6.63. The molecule has 30 heavy (non-hydrogen) atoms. The molecule has 1 amide bonds. The van der Waals surface area contributed by atoms with Crippen LogP contribution in [0.1, 0.15) is 6.92 Å². The molecule has 1 aromatic heterocycles. The van der Waals surface area contributed by atoms with Crippen LogP contribution in [0.25, 0.3) is 21.7 Å². The number of carbonyl (C=O) groups excluding carboxylic acids is 1. The highest BCUT2D eigenvalue weighted by atomic mass is 32.2. The van der Waals surface area contributed by atoms with Gasteiger partial charge in [-0.05, 0) is 54.1 Å². The van der Waals surface area contributed by atoms with Crippen LogP contribution in [-0.2, 0) is 11.8 Å². The SMILES string of the molecule is COc1ccc(NC(=O)[C@@H](C)Sc2nc3cc4ccccc4cc3c(=O)n2C)cc1. The summed E-state index contributed by atoms with van der Waals surface area (Å²) in [6, 6.07) is 18.8. The molecule has 0 bridgehead atoms. The van der Waals surface area contributed by atoms with Gasteiger partial charge in [0.1, 0.15) is 5.75 Å². The first-order valence-electron chi connectivity index (χ1n) is 9.47. The number of nitrogens with zero attached hydrogens (tertiary/aromatic N) is 2. The Bertz CT molecular complexity index is 1300. The van der Waals surface area contributed by atoms with Crippen molar-refractivity contribution in [3.05, 3.63) is 71.0 Å². The van der Waals surface area contributed by atoms with Crippen LogP contribution in [-0.4, -0.2) is 27.8 Å². The van der Waals surface area contributed by atoms with Crippen LogP contribution in [0.4, 0.5) is 5.69 Å². The highest BCUT2D eigenvalue weighted by molar-refractivity contribution is 8.00. The van der Waals surface area contributed by atoms with Crippen LogP contribution < -0.4 is 15.6 Å². The van der Waals surface area contributed by atoms with Crippen molar-refractivity contribution in [2.75, 3.05) is 12.4 Å². The van der Waals surface area contributed by atoms with E-state index in [0.717, 1.165) is 16.5 Å². The van der Waals surface area contributed by atoms with Gasteiger partial charge < -0.3 is 10.1 Å². The van der Waals surface area contributed by atoms with Crippen LogP contribution in [0.2, 0.25) is 0 Å². The lowest BCUT2D eigenvalue weighted by atomic mass is 10.1. The van der Waals surface area contributed by atoms with Crippen molar-refractivity contribution in [1.29, 1.82) is 0 Å². The van der Waals surface area contributed by atoms with E-state index in [9.17, 15) is 9.59 Å². The number of thioether (sulfide) groups is 1. The normalized spacial score (nSPS) is 12.1. The summed E-state index contributed by atoms with van der Waals surface area (Å²) in [5.41, 5.74) is 1.18. The maximum Gasteiger partial charge on any atom is 0.261 e. The Morgan fingerprint density at radius 2 is 1.77 bits per heavy atom. The lowest BCUT2D eigenvalue weighted by Gasteiger charge is -2.14. The van der Waals surface area contributed by atoms with Gasteiger partial charge in [-0.3, -0.25) is 14.2 Å². The number of hydrogen-bond donors (Lipinski definition) is 1. The molecule has 4 aromatic rings. The van der Waals surface area contributed by atoms with Gasteiger partial charge in [-0.1, -0.05) is 36.0 Å². The Kier molecular flexibility index (Phi) is 5.46. The van der Waals surface area contributed by atoms with Crippen LogP contribution in [0.15, 0.2) is 70.6 Å². The second-order valence-electron chi connectivity index (χ2n) is 6.95. The van der Waals surface area contributed by atoms with Crippen molar-refractivity contribution in [1.82, 2.24) is 9.55 Å². The Balaban J connectivity index is 1.60. The first kappa shape index (κ1) is 20.0. The molecule has 0 aliphatic heterocycles. The molecule has 1 N–H and O–H groups in total. The number of carbonyl (C=O) groups is 1. The van der Waals surface area contributed by atoms with Gasteiger partial charge in [-0.15, -0.1) is 0 Å². The van der Waals surface area contributed by atoms with Gasteiger partial charge in [0.05, 0.1) is 23.3 Å². The minimum Gasteiger partial charge on any atom is -0.497 e. The van der Waals surface area contributed by atoms with Crippen LogP contribution in [0.3, 0.4) is 0 Å². The Labute approximate surface area is 177 Å². The molecule has 0 spiro atoms. The lowest BCUT2D eigenvalue weighted by Crippen LogP contribution is -2.25. The molecular formula is C23H21N3O3S. The minimum atomic E-state index is -0.442. The predicted octanol–water partition coefficient (Wildman–Crippen LogP) is 4.21. The smallest absolute Gasteiger partial charge is 0.261 e. The molecule has 1 atom stereocenters. The minimum absolute atomic E-state index is 0.129. The van der Waals surface area contributed by atoms with Gasteiger partial charge in [0.15, 0.2) is 5.16 Å². The third-order valence-electron chi connectivity index (χ3n) is 4.91. The van der Waals surface area contributed by atoms with Gasteiger partial charge in [0.2, 0.25) is 5.91 Å². The topological polar surface area (TPSA) is 73.2 Å². The quantitative estimate of drug-likeness (QED) is 0.298. The fourth-order valence-electron chi connectivity index (χ4n) is 3.17. The van der Waals surface area contributed by atoms with Crippen molar-refractivity contribution < 1.29 is 9.53 Å². The van der Waals surface area contributed by atoms with E-state index < -0.39 is 5.25 Å². The fourth-order valence-corrected chi connectivity index (χ4v) is 4.05. The maximum absolute atomic E-state index is 12.9. The number of aromatic nitrogens is 2. The standard InChI is InChI=1S/C23H21N3O3S/c1-14(21(27)24-17-8-10-18(29-3)11-9-17)30-23-25-20-13-16-7-5-4-6-15(16)12-19(20)22(28)26(23)2/h4-14H,1-3H3,(H,24,27)/t14-/m1/s1. The van der Waals surface area contributed by atoms with Crippen molar-refractivity contribution in [3.63, 3.8) is 0 Å². The number of amides is 1. The average Bonchev–Trinajstić information content (AvgIpc) is 2.76. The number of rotatable bonds is 5. The molecular weight excluding hydrogens is 398 g/mol. The van der Waals surface area contributed by atoms with Crippen molar-refractivity contribution in [3.8, 4) is 5.75 Å². The first-order valence-corrected chi connectivity index (χ1v) is 10.4. The lowest BCUT2D eigenvalue weighted by molar-refractivity contribution is -0.115. The molecule has 0 saturated heterocycles. The van der Waals surface area contributed by atoms with E-state index in [2.05, 4.69) is 10.3 Å². The number of benzene rings is 3. The van der Waals surface area contributed by atoms with Crippen LogP contribution in [0, 0.1) is 0 Å². The van der Waals surface area contributed by atoms with Gasteiger partial charge in [0.25, 0.3) is 5.56 Å². The second kappa shape index (κ2) is 8.20. The number of methoxy groups -OCH3 is 1. The van der Waals surface area contributed by atoms with Crippen molar-refractivity contribution in [2.24, 2.45) is 7.05 Å². The highest BCUT2D eigenvalue weighted by Gasteiger charge is 2.19. The van der Waals surface area contributed by atoms with Gasteiger partial charge in [0, 0.05) is 12.7 Å². The predicted molar refractivity (Wildman–Crippen MR) is 121 cm³/mol. The Morgan fingerprint density at radius 3 is 2.43 bits per heavy atom. The molecule has 0 aliphatic rings. The van der Waals surface area contributed by atoms with Crippen molar-refractivity contribution in [2.45, 2.75) is 17.3 Å². The molecule has 152 valence electrons. The molecule has 0 fully saturated rings. The zero-order valence-corrected chi connectivity index (χ0v) is 17.7. The third-order valence-corrected chi connectivity index (χ3v) is 6.05. The second-order valence-corrected chi connectivity index (χ2v) is 8.26. The third kappa shape index (κ3) is 3.89. The molecule has 0 unspecified atom stereocenters. The number of ether oxygens (including phenoxy) is 1. The van der Waals surface area contributed by atoms with Crippen LogP contribution in [0.5, 0.6) is 5.75 Å². The molecule has 0 radical (unpaired) electrons. The van der Waals surface area contributed by atoms with Crippen LogP contribution >= 0.6 is 11.8 Å². The van der Waals surface area contributed by atoms with E-state index >= 15 is 0 Å². The number of hydrogen-bond acceptors (Lipinski definition) is 5. The monoisotopic (exact) mass is 419 g/mol. The summed E-state index contributed by atoms with van der Waals surface area (Å²) in [7, 11) is 3.27. The van der Waals surface area contributed by atoms with E-state index in [-0.39, 0.29) is 11.5 Å². The van der Waals surface area contributed by atoms with E-state index in [4.69, 9.17) is 4.74 Å². The maximum atomic E-state index is 12.9. The molecule has 3 aromatic carbocycles. The van der Waals surface area contributed by atoms with E-state index in [1.807, 2.05) is 36.4 Å². The summed E-state index contributed by atoms with van der Waals surface area (Å²) in [6.45, 7) is 1.79. The average molecular weight is 420 g/mol. The molecule has 7 heteroatoms. The largest absolute Gasteiger partial charge is 0.497 e. The zero-order valence-electron chi connectivity index (χ0n) is 16.9. The molecule has 1 heterocycles. The Hall–Kier alpha value is -3.32. The summed E-state index contributed by atoms with van der Waals surface area (Å²) in [6.07, 6.45) is 0. The molecule has 6 nitrogen and oxygen atoms in total. The van der Waals surface area contributed by atoms with E-state index in [1.54, 1.807) is 45.3 Å². The number of anilines is 1. The summed E-state index contributed by atoms with van der Waals surface area (Å²) in [5.74, 6) is 0.552. The van der Waals surface area contributed by atoms with E-state index in [1.165, 1.54) is 16.3 Å². The first-order chi connectivity index (χ1) is 14.5. The molecule has 0 aliphatic carbocycles. The summed E-state index contributed by atoms with van der Waals surface area (Å²) in [5, 5.41) is 5.52. The Morgan fingerprint density at radius 1 is 1.10 bits per heavy atom. The number of nitrogens with one attached hydrogen (secondary N) is 1. The highest BCUT2D eigenvalue weighted by Crippen LogP contribution is 2.25. The number of fused-ring (bicyclic) bond motifs is 2.